The summed E-state index contributed by atoms with van der Waals surface area (Å²) in [6.07, 6.45) is 2.77. The molecule has 18 heavy (non-hydrogen) atoms. The Balaban J connectivity index is 2.59. The van der Waals surface area contributed by atoms with Crippen LogP contribution in [0.25, 0.3) is 10.9 Å². The Kier molecular flexibility index (Phi) is 3.02. The van der Waals surface area contributed by atoms with Gasteiger partial charge < -0.3 is 4.57 Å². The highest BCUT2D eigenvalue weighted by Gasteiger charge is 2.26. The molecule has 1 aromatic carbocycles. The number of Topliss-reactive ketones (excluding diaryl/α,β-unsaturated/α-hetero) is 1. The van der Waals surface area contributed by atoms with Gasteiger partial charge in [0, 0.05) is 36.0 Å². The lowest BCUT2D eigenvalue weighted by atomic mass is 10.1. The Bertz CT molecular complexity index is 713. The SMILES string of the molecule is CC(C(=O)c1cn(C)c2ccccc12)S(C)(=O)=O. The van der Waals surface area contributed by atoms with Gasteiger partial charge in [0.1, 0.15) is 5.25 Å². The van der Waals surface area contributed by atoms with E-state index in [1.54, 1.807) is 6.20 Å². The van der Waals surface area contributed by atoms with Crippen LogP contribution in [-0.4, -0.2) is 30.3 Å². The van der Waals surface area contributed by atoms with E-state index in [-0.39, 0.29) is 5.78 Å². The van der Waals surface area contributed by atoms with Gasteiger partial charge in [-0.3, -0.25) is 4.79 Å². The van der Waals surface area contributed by atoms with Crippen molar-refractivity contribution in [3.8, 4) is 0 Å². The molecule has 2 aromatic rings. The normalized spacial score (nSPS) is 13.7. The maximum atomic E-state index is 12.2. The van der Waals surface area contributed by atoms with Crippen LogP contribution in [-0.2, 0) is 16.9 Å². The van der Waals surface area contributed by atoms with Crippen molar-refractivity contribution in [1.29, 1.82) is 0 Å². The summed E-state index contributed by atoms with van der Waals surface area (Å²) in [6, 6.07) is 7.45. The number of hydrogen-bond acceptors (Lipinski definition) is 3. The number of hydrogen-bond donors (Lipinski definition) is 0. The zero-order chi connectivity index (χ0) is 13.5. The average molecular weight is 265 g/mol. The number of ketones is 1. The lowest BCUT2D eigenvalue weighted by Crippen LogP contribution is -2.26. The third-order valence-electron chi connectivity index (χ3n) is 3.17. The third-order valence-corrected chi connectivity index (χ3v) is 4.67. The summed E-state index contributed by atoms with van der Waals surface area (Å²) in [6.45, 7) is 1.43. The largest absolute Gasteiger partial charge is 0.350 e. The predicted octanol–water partition coefficient (Wildman–Crippen LogP) is 1.79. The molecule has 1 aromatic heterocycles. The van der Waals surface area contributed by atoms with Crippen LogP contribution in [0.2, 0.25) is 0 Å². The van der Waals surface area contributed by atoms with Crippen molar-refractivity contribution >= 4 is 26.5 Å². The molecule has 0 fully saturated rings. The van der Waals surface area contributed by atoms with Crippen molar-refractivity contribution in [2.75, 3.05) is 6.26 Å². The highest BCUT2D eigenvalue weighted by molar-refractivity contribution is 7.92. The molecule has 1 heterocycles. The van der Waals surface area contributed by atoms with Gasteiger partial charge in [-0.25, -0.2) is 8.42 Å². The molecule has 0 amide bonds. The highest BCUT2D eigenvalue weighted by Crippen LogP contribution is 2.22. The Labute approximate surface area is 106 Å². The van der Waals surface area contributed by atoms with E-state index in [1.165, 1.54) is 6.92 Å². The number of benzene rings is 1. The van der Waals surface area contributed by atoms with Gasteiger partial charge in [-0.05, 0) is 13.0 Å². The van der Waals surface area contributed by atoms with E-state index in [4.69, 9.17) is 0 Å². The third kappa shape index (κ3) is 2.06. The van der Waals surface area contributed by atoms with Crippen molar-refractivity contribution in [3.05, 3.63) is 36.0 Å². The number of fused-ring (bicyclic) bond motifs is 1. The van der Waals surface area contributed by atoms with Crippen molar-refractivity contribution in [3.63, 3.8) is 0 Å². The van der Waals surface area contributed by atoms with Crippen LogP contribution in [0, 0.1) is 0 Å². The molecule has 0 aliphatic rings. The Morgan fingerprint density at radius 2 is 1.89 bits per heavy atom. The van der Waals surface area contributed by atoms with E-state index >= 15 is 0 Å². The van der Waals surface area contributed by atoms with E-state index in [1.807, 2.05) is 35.9 Å². The summed E-state index contributed by atoms with van der Waals surface area (Å²) < 4.78 is 24.8. The van der Waals surface area contributed by atoms with Gasteiger partial charge in [0.15, 0.2) is 15.6 Å². The number of para-hydroxylation sites is 1. The first-order valence-corrected chi connectivity index (χ1v) is 7.55. The van der Waals surface area contributed by atoms with Gasteiger partial charge in [0.05, 0.1) is 0 Å². The maximum Gasteiger partial charge on any atom is 0.182 e. The van der Waals surface area contributed by atoms with Crippen LogP contribution < -0.4 is 0 Å². The summed E-state index contributed by atoms with van der Waals surface area (Å²) in [5.41, 5.74) is 1.38. The zero-order valence-corrected chi connectivity index (χ0v) is 11.4. The summed E-state index contributed by atoms with van der Waals surface area (Å²) in [7, 11) is -1.53. The molecule has 1 atom stereocenters. The Morgan fingerprint density at radius 3 is 2.50 bits per heavy atom. The number of aromatic nitrogens is 1. The molecule has 0 N–H and O–H groups in total. The molecule has 0 radical (unpaired) electrons. The first-order valence-electron chi connectivity index (χ1n) is 5.59. The molecule has 0 bridgehead atoms. The second-order valence-corrected chi connectivity index (χ2v) is 6.87. The molecule has 0 aliphatic heterocycles. The van der Waals surface area contributed by atoms with Gasteiger partial charge in [-0.15, -0.1) is 0 Å². The van der Waals surface area contributed by atoms with Crippen LogP contribution in [0.3, 0.4) is 0 Å². The number of nitrogens with zero attached hydrogens (tertiary/aromatic N) is 1. The standard InChI is InChI=1S/C13H15NO3S/c1-9(18(3,16)17)13(15)11-8-14(2)12-7-5-4-6-10(11)12/h4-9H,1-3H3. The lowest BCUT2D eigenvalue weighted by molar-refractivity contribution is 0.0993. The fourth-order valence-electron chi connectivity index (χ4n) is 1.95. The van der Waals surface area contributed by atoms with E-state index in [0.717, 1.165) is 17.2 Å². The number of sulfone groups is 1. The number of carbonyl (C=O) groups excluding carboxylic acids is 1. The zero-order valence-electron chi connectivity index (χ0n) is 10.5. The van der Waals surface area contributed by atoms with Crippen LogP contribution >= 0.6 is 0 Å². The minimum Gasteiger partial charge on any atom is -0.350 e. The molecule has 0 saturated heterocycles. The number of carbonyl (C=O) groups is 1. The minimum atomic E-state index is -3.37. The first-order chi connectivity index (χ1) is 8.32. The van der Waals surface area contributed by atoms with Gasteiger partial charge in [-0.2, -0.15) is 0 Å². The molecule has 0 spiro atoms. The summed E-state index contributed by atoms with van der Waals surface area (Å²) in [5, 5.41) is -0.219. The fraction of sp³-hybridized carbons (Fsp3) is 0.308. The molecule has 1 unspecified atom stereocenters. The Hall–Kier alpha value is -1.62. The average Bonchev–Trinajstić information content (AvgIpc) is 2.65. The van der Waals surface area contributed by atoms with E-state index in [9.17, 15) is 13.2 Å². The van der Waals surface area contributed by atoms with Crippen LogP contribution in [0.5, 0.6) is 0 Å². The van der Waals surface area contributed by atoms with E-state index < -0.39 is 15.1 Å². The quantitative estimate of drug-likeness (QED) is 0.795. The van der Waals surface area contributed by atoms with Crippen molar-refractivity contribution in [1.82, 2.24) is 4.57 Å². The second kappa shape index (κ2) is 4.24. The predicted molar refractivity (Wildman–Crippen MR) is 71.6 cm³/mol. The molecular weight excluding hydrogens is 250 g/mol. The van der Waals surface area contributed by atoms with E-state index in [0.29, 0.717) is 5.56 Å². The molecule has 96 valence electrons. The molecule has 5 heteroatoms. The lowest BCUT2D eigenvalue weighted by Gasteiger charge is -2.06. The van der Waals surface area contributed by atoms with Gasteiger partial charge in [0.25, 0.3) is 0 Å². The van der Waals surface area contributed by atoms with Gasteiger partial charge in [0.2, 0.25) is 0 Å². The fourth-order valence-corrected chi connectivity index (χ4v) is 2.47. The van der Waals surface area contributed by atoms with Crippen molar-refractivity contribution in [2.45, 2.75) is 12.2 Å². The van der Waals surface area contributed by atoms with Crippen LogP contribution in [0.1, 0.15) is 17.3 Å². The topological polar surface area (TPSA) is 56.1 Å². The summed E-state index contributed by atoms with van der Waals surface area (Å²) in [5.74, 6) is -0.352. The highest BCUT2D eigenvalue weighted by atomic mass is 32.2. The molecule has 0 aliphatic carbocycles. The summed E-state index contributed by atoms with van der Waals surface area (Å²) in [4.78, 5) is 12.2. The summed E-state index contributed by atoms with van der Waals surface area (Å²) >= 11 is 0. The number of aryl methyl sites for hydroxylation is 1. The van der Waals surface area contributed by atoms with Gasteiger partial charge in [-0.1, -0.05) is 18.2 Å². The maximum absolute atomic E-state index is 12.2. The monoisotopic (exact) mass is 265 g/mol. The molecule has 2 rings (SSSR count). The Morgan fingerprint density at radius 1 is 1.28 bits per heavy atom. The second-order valence-electron chi connectivity index (χ2n) is 4.51. The molecular formula is C13H15NO3S. The van der Waals surface area contributed by atoms with Crippen molar-refractivity contribution < 1.29 is 13.2 Å². The molecule has 0 saturated carbocycles. The van der Waals surface area contributed by atoms with Crippen LogP contribution in [0.4, 0.5) is 0 Å². The first kappa shape index (κ1) is 12.8. The van der Waals surface area contributed by atoms with Gasteiger partial charge >= 0.3 is 0 Å². The minimum absolute atomic E-state index is 0.352. The molecule has 4 nitrogen and oxygen atoms in total. The van der Waals surface area contributed by atoms with E-state index in [2.05, 4.69) is 0 Å². The number of rotatable bonds is 3. The van der Waals surface area contributed by atoms with Crippen molar-refractivity contribution in [2.24, 2.45) is 7.05 Å². The smallest absolute Gasteiger partial charge is 0.182 e. The van der Waals surface area contributed by atoms with Crippen LogP contribution in [0.15, 0.2) is 30.5 Å².